The van der Waals surface area contributed by atoms with Gasteiger partial charge in [0, 0.05) is 23.1 Å². The van der Waals surface area contributed by atoms with E-state index in [1.807, 2.05) is 0 Å². The number of nitrogens with one attached hydrogen (secondary N) is 2. The summed E-state index contributed by atoms with van der Waals surface area (Å²) in [6, 6.07) is 1.75. The largest absolute Gasteiger partial charge is 0.496 e. The van der Waals surface area contributed by atoms with Crippen LogP contribution in [0, 0.1) is 6.92 Å². The molecule has 35 heavy (non-hydrogen) atoms. The monoisotopic (exact) mass is 502 g/mol. The summed E-state index contributed by atoms with van der Waals surface area (Å²) < 4.78 is 5.28. The highest BCUT2D eigenvalue weighted by atomic mass is 32.1. The van der Waals surface area contributed by atoms with Crippen molar-refractivity contribution in [2.45, 2.75) is 44.3 Å². The Bertz CT molecular complexity index is 1110. The van der Waals surface area contributed by atoms with E-state index in [0.717, 1.165) is 0 Å². The molecule has 186 valence electrons. The Balaban J connectivity index is 1.82. The van der Waals surface area contributed by atoms with Crippen LogP contribution >= 0.6 is 11.3 Å². The van der Waals surface area contributed by atoms with Gasteiger partial charge in [-0.25, -0.2) is 4.98 Å². The first kappa shape index (κ1) is 25.8. The second-order valence-corrected chi connectivity index (χ2v) is 8.71. The smallest absolute Gasteiger partial charge is 0.305 e. The van der Waals surface area contributed by atoms with Crippen molar-refractivity contribution in [3.63, 3.8) is 0 Å². The number of hydrogen-bond donors (Lipinski definition) is 3. The van der Waals surface area contributed by atoms with Gasteiger partial charge in [-0.1, -0.05) is 6.07 Å². The summed E-state index contributed by atoms with van der Waals surface area (Å²) in [5.41, 5.74) is 2.80. The first-order valence-corrected chi connectivity index (χ1v) is 11.8. The number of aromatic nitrogens is 1. The maximum atomic E-state index is 13.6. The first-order chi connectivity index (χ1) is 16.8. The number of carboxylic acids is 1. The number of amides is 3. The standard InChI is InChI=1S/C23H26N4O7S/c1-13-15(5-3-7-18(13)34-2)21(31)26-20(16-11-35-12-24-16)23(33)27-8-4-6-17(27)22(32)25-14(10-28)9-19(29)30/h3,5,7,10-12,14,17,20H,4,6,8-9H2,1-2H3,(H,25,32)(H,26,31)(H,29,30)/t14-,17-,20-/m0/s1. The molecule has 1 fully saturated rings. The molecule has 1 saturated heterocycles. The van der Waals surface area contributed by atoms with Gasteiger partial charge in [-0.2, -0.15) is 0 Å². The molecule has 1 aliphatic heterocycles. The van der Waals surface area contributed by atoms with Crippen LogP contribution in [0.1, 0.15) is 46.9 Å². The molecule has 1 aromatic carbocycles. The van der Waals surface area contributed by atoms with Gasteiger partial charge in [-0.3, -0.25) is 19.2 Å². The summed E-state index contributed by atoms with van der Waals surface area (Å²) in [6.07, 6.45) is 0.652. The number of methoxy groups -OCH3 is 1. The summed E-state index contributed by atoms with van der Waals surface area (Å²) >= 11 is 1.26. The van der Waals surface area contributed by atoms with E-state index in [0.29, 0.717) is 41.7 Å². The van der Waals surface area contributed by atoms with Crippen LogP contribution in [0.3, 0.4) is 0 Å². The predicted molar refractivity (Wildman–Crippen MR) is 125 cm³/mol. The van der Waals surface area contributed by atoms with Crippen LogP contribution in [0.2, 0.25) is 0 Å². The number of aliphatic carboxylic acids is 1. The number of benzene rings is 1. The Morgan fingerprint density at radius 3 is 2.71 bits per heavy atom. The van der Waals surface area contributed by atoms with E-state index in [-0.39, 0.29) is 6.54 Å². The molecular formula is C23H26N4O7S. The van der Waals surface area contributed by atoms with Gasteiger partial charge in [-0.15, -0.1) is 11.3 Å². The summed E-state index contributed by atoms with van der Waals surface area (Å²) in [7, 11) is 1.50. The fourth-order valence-corrected chi connectivity index (χ4v) is 4.57. The van der Waals surface area contributed by atoms with Crippen molar-refractivity contribution in [1.29, 1.82) is 0 Å². The van der Waals surface area contributed by atoms with Gasteiger partial charge in [-0.05, 0) is 31.9 Å². The van der Waals surface area contributed by atoms with E-state index in [1.54, 1.807) is 30.5 Å². The SMILES string of the molecule is COc1cccc(C(=O)N[C@H](C(=O)N2CCC[C@H]2C(=O)N[C@H](C=O)CC(=O)O)c2cscn2)c1C. The van der Waals surface area contributed by atoms with E-state index in [4.69, 9.17) is 9.84 Å². The Labute approximate surface area is 205 Å². The minimum absolute atomic E-state index is 0.260. The average Bonchev–Trinajstić information content (AvgIpc) is 3.54. The zero-order chi connectivity index (χ0) is 25.5. The van der Waals surface area contributed by atoms with E-state index < -0.39 is 48.2 Å². The molecule has 11 nitrogen and oxygen atoms in total. The minimum Gasteiger partial charge on any atom is -0.496 e. The number of likely N-dealkylation sites (tertiary alicyclic amines) is 1. The van der Waals surface area contributed by atoms with Crippen LogP contribution in [0.4, 0.5) is 0 Å². The predicted octanol–water partition coefficient (Wildman–Crippen LogP) is 1.08. The first-order valence-electron chi connectivity index (χ1n) is 10.9. The van der Waals surface area contributed by atoms with Crippen LogP contribution in [0.15, 0.2) is 29.1 Å². The Hall–Kier alpha value is -3.80. The summed E-state index contributed by atoms with van der Waals surface area (Å²) in [6.45, 7) is 1.99. The molecule has 1 aromatic heterocycles. The number of rotatable bonds is 10. The van der Waals surface area contributed by atoms with E-state index in [2.05, 4.69) is 15.6 Å². The molecule has 1 aliphatic rings. The lowest BCUT2D eigenvalue weighted by molar-refractivity contribution is -0.142. The highest BCUT2D eigenvalue weighted by Gasteiger charge is 2.39. The zero-order valence-electron chi connectivity index (χ0n) is 19.2. The molecule has 2 aromatic rings. The molecule has 3 N–H and O–H groups in total. The van der Waals surface area contributed by atoms with E-state index >= 15 is 0 Å². The van der Waals surface area contributed by atoms with Crippen LogP contribution < -0.4 is 15.4 Å². The molecule has 0 aliphatic carbocycles. The van der Waals surface area contributed by atoms with Crippen molar-refractivity contribution in [2.24, 2.45) is 0 Å². The molecule has 0 unspecified atom stereocenters. The fraction of sp³-hybridized carbons (Fsp3) is 0.391. The van der Waals surface area contributed by atoms with Crippen LogP contribution in [0.25, 0.3) is 0 Å². The van der Waals surface area contributed by atoms with Crippen molar-refractivity contribution in [3.05, 3.63) is 45.9 Å². The minimum atomic E-state index is -1.24. The molecule has 0 radical (unpaired) electrons. The van der Waals surface area contributed by atoms with Gasteiger partial charge in [0.2, 0.25) is 5.91 Å². The van der Waals surface area contributed by atoms with Gasteiger partial charge in [0.05, 0.1) is 30.8 Å². The normalized spacial score (nSPS) is 16.7. The molecule has 0 saturated carbocycles. The topological polar surface area (TPSA) is 155 Å². The van der Waals surface area contributed by atoms with Crippen molar-refractivity contribution in [3.8, 4) is 5.75 Å². The van der Waals surface area contributed by atoms with Crippen LogP contribution in [0.5, 0.6) is 5.75 Å². The van der Waals surface area contributed by atoms with Crippen LogP contribution in [-0.4, -0.2) is 70.7 Å². The van der Waals surface area contributed by atoms with Gasteiger partial charge >= 0.3 is 5.97 Å². The highest BCUT2D eigenvalue weighted by molar-refractivity contribution is 7.07. The molecule has 3 amide bonds. The fourth-order valence-electron chi connectivity index (χ4n) is 3.99. The van der Waals surface area contributed by atoms with Gasteiger partial charge < -0.3 is 30.2 Å². The zero-order valence-corrected chi connectivity index (χ0v) is 20.0. The number of carbonyl (C=O) groups excluding carboxylic acids is 4. The molecule has 3 atom stereocenters. The summed E-state index contributed by atoms with van der Waals surface area (Å²) in [5.74, 6) is -2.36. The van der Waals surface area contributed by atoms with Gasteiger partial charge in [0.25, 0.3) is 11.8 Å². The number of carboxylic acid groups (broad SMARTS) is 1. The molecule has 0 spiro atoms. The average molecular weight is 503 g/mol. The van der Waals surface area contributed by atoms with Crippen molar-refractivity contribution >= 4 is 41.3 Å². The van der Waals surface area contributed by atoms with Crippen molar-refractivity contribution < 1.29 is 33.8 Å². The third kappa shape index (κ3) is 6.01. The van der Waals surface area contributed by atoms with Crippen molar-refractivity contribution in [1.82, 2.24) is 20.5 Å². The molecular weight excluding hydrogens is 476 g/mol. The third-order valence-corrected chi connectivity index (χ3v) is 6.35. The lowest BCUT2D eigenvalue weighted by Crippen LogP contribution is -2.52. The number of ether oxygens (including phenoxy) is 1. The second-order valence-electron chi connectivity index (χ2n) is 7.99. The lowest BCUT2D eigenvalue weighted by atomic mass is 10.1. The Kier molecular flexibility index (Phi) is 8.53. The van der Waals surface area contributed by atoms with Crippen molar-refractivity contribution in [2.75, 3.05) is 13.7 Å². The summed E-state index contributed by atoms with van der Waals surface area (Å²) in [4.78, 5) is 67.1. The molecule has 3 rings (SSSR count). The molecule has 0 bridgehead atoms. The number of hydrogen-bond acceptors (Lipinski definition) is 8. The van der Waals surface area contributed by atoms with Gasteiger partial charge in [0.1, 0.15) is 18.1 Å². The second kappa shape index (κ2) is 11.6. The maximum Gasteiger partial charge on any atom is 0.305 e. The quantitative estimate of drug-likeness (QED) is 0.408. The highest BCUT2D eigenvalue weighted by Crippen LogP contribution is 2.26. The Morgan fingerprint density at radius 2 is 2.09 bits per heavy atom. The Morgan fingerprint density at radius 1 is 1.31 bits per heavy atom. The number of thiazole rings is 1. The molecule has 12 heteroatoms. The lowest BCUT2D eigenvalue weighted by Gasteiger charge is -2.28. The molecule has 2 heterocycles. The maximum absolute atomic E-state index is 13.6. The number of carbonyl (C=O) groups is 5. The third-order valence-electron chi connectivity index (χ3n) is 5.74. The van der Waals surface area contributed by atoms with E-state index in [9.17, 15) is 24.0 Å². The summed E-state index contributed by atoms with van der Waals surface area (Å²) in [5, 5.41) is 15.7. The van der Waals surface area contributed by atoms with Gasteiger partial charge in [0.15, 0.2) is 6.04 Å². The van der Waals surface area contributed by atoms with E-state index in [1.165, 1.54) is 28.9 Å². The number of aldehydes is 1. The number of nitrogens with zero attached hydrogens (tertiary/aromatic N) is 2. The van der Waals surface area contributed by atoms with Crippen LogP contribution in [-0.2, 0) is 19.2 Å².